The Kier molecular flexibility index (Phi) is 5.93. The SMILES string of the molecule is COc1ccccc1C(=O)NC[C@]1(c2ccccc2)CC[C@@H](N2CCNC2=O)CC1. The van der Waals surface area contributed by atoms with Gasteiger partial charge in [-0.2, -0.15) is 0 Å². The standard InChI is InChI=1S/C24H29N3O3/c1-30-21-10-6-5-9-20(21)22(28)26-17-24(18-7-3-2-4-8-18)13-11-19(12-14-24)27-16-15-25-23(27)29/h2-10,19H,11-17H2,1H3,(H,25,29)(H,26,28)/t19-,24+. The molecule has 2 aromatic carbocycles. The van der Waals surface area contributed by atoms with Crippen LogP contribution in [0.25, 0.3) is 0 Å². The number of nitrogens with one attached hydrogen (secondary N) is 2. The number of methoxy groups -OCH3 is 1. The molecule has 1 heterocycles. The molecule has 6 nitrogen and oxygen atoms in total. The van der Waals surface area contributed by atoms with Crippen LogP contribution in [0.1, 0.15) is 41.6 Å². The number of para-hydroxylation sites is 1. The van der Waals surface area contributed by atoms with E-state index in [1.54, 1.807) is 19.2 Å². The van der Waals surface area contributed by atoms with Crippen molar-refractivity contribution >= 4 is 11.9 Å². The highest BCUT2D eigenvalue weighted by Crippen LogP contribution is 2.40. The lowest BCUT2D eigenvalue weighted by molar-refractivity contribution is 0.0925. The van der Waals surface area contributed by atoms with E-state index in [1.165, 1.54) is 5.56 Å². The smallest absolute Gasteiger partial charge is 0.317 e. The predicted octanol–water partition coefficient (Wildman–Crippen LogP) is 3.33. The second kappa shape index (κ2) is 8.78. The third-order valence-corrected chi connectivity index (χ3v) is 6.57. The van der Waals surface area contributed by atoms with E-state index in [2.05, 4.69) is 34.9 Å². The average molecular weight is 408 g/mol. The van der Waals surface area contributed by atoms with Gasteiger partial charge in [0.05, 0.1) is 12.7 Å². The molecular formula is C24H29N3O3. The van der Waals surface area contributed by atoms with Crippen molar-refractivity contribution in [2.45, 2.75) is 37.1 Å². The molecule has 3 amide bonds. The van der Waals surface area contributed by atoms with Crippen LogP contribution >= 0.6 is 0 Å². The van der Waals surface area contributed by atoms with E-state index in [9.17, 15) is 9.59 Å². The first-order valence-corrected chi connectivity index (χ1v) is 10.6. The van der Waals surface area contributed by atoms with Gasteiger partial charge in [0.1, 0.15) is 5.75 Å². The Morgan fingerprint density at radius 3 is 2.50 bits per heavy atom. The molecule has 6 heteroatoms. The molecule has 2 aliphatic rings. The normalized spacial score (nSPS) is 23.7. The highest BCUT2D eigenvalue weighted by atomic mass is 16.5. The van der Waals surface area contributed by atoms with Crippen LogP contribution in [0.2, 0.25) is 0 Å². The van der Waals surface area contributed by atoms with Crippen LogP contribution in [-0.2, 0) is 5.41 Å². The maximum atomic E-state index is 12.9. The summed E-state index contributed by atoms with van der Waals surface area (Å²) in [4.78, 5) is 27.0. The quantitative estimate of drug-likeness (QED) is 0.772. The van der Waals surface area contributed by atoms with Crippen LogP contribution in [0.3, 0.4) is 0 Å². The zero-order valence-electron chi connectivity index (χ0n) is 17.4. The fourth-order valence-corrected chi connectivity index (χ4v) is 4.84. The van der Waals surface area contributed by atoms with Gasteiger partial charge in [-0.3, -0.25) is 4.79 Å². The number of benzene rings is 2. The summed E-state index contributed by atoms with van der Waals surface area (Å²) in [5.41, 5.74) is 1.66. The van der Waals surface area contributed by atoms with Crippen LogP contribution in [0, 0.1) is 0 Å². The van der Waals surface area contributed by atoms with Crippen LogP contribution in [0.4, 0.5) is 4.79 Å². The van der Waals surface area contributed by atoms with Crippen molar-refractivity contribution in [3.05, 3.63) is 65.7 Å². The minimum Gasteiger partial charge on any atom is -0.496 e. The first-order valence-electron chi connectivity index (χ1n) is 10.6. The minimum absolute atomic E-state index is 0.0525. The number of amides is 3. The first kappa shape index (κ1) is 20.3. The van der Waals surface area contributed by atoms with E-state index >= 15 is 0 Å². The Bertz CT molecular complexity index is 892. The number of nitrogens with zero attached hydrogens (tertiary/aromatic N) is 1. The number of carbonyl (C=O) groups excluding carboxylic acids is 2. The minimum atomic E-state index is -0.133. The third-order valence-electron chi connectivity index (χ3n) is 6.57. The average Bonchev–Trinajstić information content (AvgIpc) is 3.24. The topological polar surface area (TPSA) is 70.7 Å². The fourth-order valence-electron chi connectivity index (χ4n) is 4.84. The molecule has 2 N–H and O–H groups in total. The van der Waals surface area contributed by atoms with E-state index in [-0.39, 0.29) is 23.4 Å². The van der Waals surface area contributed by atoms with E-state index < -0.39 is 0 Å². The van der Waals surface area contributed by atoms with Crippen molar-refractivity contribution in [2.75, 3.05) is 26.7 Å². The molecule has 0 unspecified atom stereocenters. The summed E-state index contributed by atoms with van der Waals surface area (Å²) in [7, 11) is 1.58. The van der Waals surface area contributed by atoms with Crippen LogP contribution in [-0.4, -0.2) is 49.6 Å². The van der Waals surface area contributed by atoms with Crippen molar-refractivity contribution < 1.29 is 14.3 Å². The van der Waals surface area contributed by atoms with Gasteiger partial charge in [0.25, 0.3) is 5.91 Å². The van der Waals surface area contributed by atoms with Crippen molar-refractivity contribution in [2.24, 2.45) is 0 Å². The Balaban J connectivity index is 1.50. The van der Waals surface area contributed by atoms with Crippen molar-refractivity contribution in [3.8, 4) is 5.75 Å². The summed E-state index contributed by atoms with van der Waals surface area (Å²) >= 11 is 0. The zero-order chi connectivity index (χ0) is 21.0. The molecule has 1 aliphatic heterocycles. The predicted molar refractivity (Wildman–Crippen MR) is 116 cm³/mol. The largest absolute Gasteiger partial charge is 0.496 e. The van der Waals surface area contributed by atoms with Crippen LogP contribution in [0.5, 0.6) is 5.75 Å². The second-order valence-corrected chi connectivity index (χ2v) is 8.19. The Morgan fingerprint density at radius 1 is 1.13 bits per heavy atom. The molecule has 0 radical (unpaired) electrons. The lowest BCUT2D eigenvalue weighted by Gasteiger charge is -2.43. The van der Waals surface area contributed by atoms with Gasteiger partial charge in [-0.25, -0.2) is 4.79 Å². The second-order valence-electron chi connectivity index (χ2n) is 8.19. The Hall–Kier alpha value is -3.02. The molecular weight excluding hydrogens is 378 g/mol. The molecule has 0 spiro atoms. The zero-order valence-corrected chi connectivity index (χ0v) is 17.4. The van der Waals surface area contributed by atoms with Gasteiger partial charge >= 0.3 is 6.03 Å². The summed E-state index contributed by atoms with van der Waals surface area (Å²) in [6, 6.07) is 18.0. The summed E-state index contributed by atoms with van der Waals surface area (Å²) in [6.07, 6.45) is 3.73. The number of ether oxygens (including phenoxy) is 1. The van der Waals surface area contributed by atoms with Crippen LogP contribution < -0.4 is 15.4 Å². The van der Waals surface area contributed by atoms with Gasteiger partial charge in [-0.15, -0.1) is 0 Å². The Morgan fingerprint density at radius 2 is 1.83 bits per heavy atom. The van der Waals surface area contributed by atoms with Gasteiger partial charge in [0, 0.05) is 31.1 Å². The molecule has 4 rings (SSSR count). The summed E-state index contributed by atoms with van der Waals surface area (Å²) in [6.45, 7) is 2.08. The number of hydrogen-bond donors (Lipinski definition) is 2. The first-order chi connectivity index (χ1) is 14.6. The molecule has 158 valence electrons. The van der Waals surface area contributed by atoms with Crippen molar-refractivity contribution in [1.29, 1.82) is 0 Å². The molecule has 1 saturated heterocycles. The molecule has 30 heavy (non-hydrogen) atoms. The van der Waals surface area contributed by atoms with Gasteiger partial charge < -0.3 is 20.3 Å². The summed E-state index contributed by atoms with van der Waals surface area (Å²) in [5, 5.41) is 6.07. The maximum Gasteiger partial charge on any atom is 0.317 e. The molecule has 2 aromatic rings. The van der Waals surface area contributed by atoms with Gasteiger partial charge in [-0.05, 0) is 43.4 Å². The molecule has 0 atom stereocenters. The fraction of sp³-hybridized carbons (Fsp3) is 0.417. The molecule has 0 bridgehead atoms. The molecule has 0 aromatic heterocycles. The molecule has 1 aliphatic carbocycles. The van der Waals surface area contributed by atoms with Gasteiger partial charge in [0.15, 0.2) is 0 Å². The number of urea groups is 1. The van der Waals surface area contributed by atoms with Crippen LogP contribution in [0.15, 0.2) is 54.6 Å². The number of carbonyl (C=O) groups is 2. The molecule has 1 saturated carbocycles. The van der Waals surface area contributed by atoms with Gasteiger partial charge in [-0.1, -0.05) is 42.5 Å². The summed E-state index contributed by atoms with van der Waals surface area (Å²) in [5.74, 6) is 0.455. The van der Waals surface area contributed by atoms with Gasteiger partial charge in [0.2, 0.25) is 0 Å². The van der Waals surface area contributed by atoms with E-state index in [0.29, 0.717) is 17.9 Å². The lowest BCUT2D eigenvalue weighted by atomic mass is 9.68. The van der Waals surface area contributed by atoms with Crippen molar-refractivity contribution in [3.63, 3.8) is 0 Å². The number of rotatable bonds is 6. The van der Waals surface area contributed by atoms with E-state index in [0.717, 1.165) is 38.8 Å². The maximum absolute atomic E-state index is 12.9. The van der Waals surface area contributed by atoms with E-state index in [4.69, 9.17) is 4.74 Å². The lowest BCUT2D eigenvalue weighted by Crippen LogP contribution is -2.48. The van der Waals surface area contributed by atoms with Crippen molar-refractivity contribution in [1.82, 2.24) is 15.5 Å². The van der Waals surface area contributed by atoms with E-state index in [1.807, 2.05) is 23.1 Å². The molecule has 2 fully saturated rings. The highest BCUT2D eigenvalue weighted by Gasteiger charge is 2.40. The Labute approximate surface area is 177 Å². The summed E-state index contributed by atoms with van der Waals surface area (Å²) < 4.78 is 5.34. The highest BCUT2D eigenvalue weighted by molar-refractivity contribution is 5.97. The monoisotopic (exact) mass is 407 g/mol. The number of hydrogen-bond acceptors (Lipinski definition) is 3. The third kappa shape index (κ3) is 3.99.